The van der Waals surface area contributed by atoms with Gasteiger partial charge in [0.05, 0.1) is 14.2 Å². The first-order valence-electron chi connectivity index (χ1n) is 10.3. The quantitative estimate of drug-likeness (QED) is 0.652. The van der Waals surface area contributed by atoms with Crippen LogP contribution in [0.1, 0.15) is 24.0 Å². The van der Waals surface area contributed by atoms with E-state index >= 15 is 0 Å². The molecule has 152 valence electrons. The summed E-state index contributed by atoms with van der Waals surface area (Å²) in [5.41, 5.74) is 2.73. The summed E-state index contributed by atoms with van der Waals surface area (Å²) in [4.78, 5) is 5.10. The van der Waals surface area contributed by atoms with Crippen LogP contribution in [0.25, 0.3) is 0 Å². The molecule has 0 bridgehead atoms. The van der Waals surface area contributed by atoms with Gasteiger partial charge in [0.25, 0.3) is 0 Å². The van der Waals surface area contributed by atoms with Crippen LogP contribution in [-0.4, -0.2) is 57.2 Å². The van der Waals surface area contributed by atoms with Crippen LogP contribution >= 0.6 is 0 Å². The van der Waals surface area contributed by atoms with Crippen molar-refractivity contribution in [3.8, 4) is 11.5 Å². The Bertz CT molecular complexity index is 700. The van der Waals surface area contributed by atoms with E-state index in [1.165, 1.54) is 37.1 Å². The number of hydrogen-bond donors (Lipinski definition) is 0. The Hall–Kier alpha value is -2.04. The van der Waals surface area contributed by atoms with Gasteiger partial charge in [-0.2, -0.15) is 0 Å². The Morgan fingerprint density at radius 1 is 0.929 bits per heavy atom. The fraction of sp³-hybridized carbons (Fsp3) is 0.500. The average Bonchev–Trinajstić information content (AvgIpc) is 2.73. The van der Waals surface area contributed by atoms with Crippen LogP contribution in [0.2, 0.25) is 0 Å². The second-order valence-electron chi connectivity index (χ2n) is 7.95. The number of methoxy groups -OCH3 is 2. The largest absolute Gasteiger partial charge is 0.497 e. The fourth-order valence-electron chi connectivity index (χ4n) is 4.13. The normalized spacial score (nSPS) is 17.6. The highest BCUT2D eigenvalue weighted by Crippen LogP contribution is 2.20. The smallest absolute Gasteiger partial charge is 0.118 e. The number of piperidine rings is 1. The number of likely N-dealkylation sites (tertiary alicyclic amines) is 1. The van der Waals surface area contributed by atoms with Crippen molar-refractivity contribution in [1.82, 2.24) is 9.80 Å². The molecule has 1 heterocycles. The number of benzene rings is 2. The number of hydrogen-bond acceptors (Lipinski definition) is 4. The minimum atomic E-state index is 0.757. The number of ether oxygens (including phenoxy) is 2. The SMILES string of the molecule is COc1ccc(CCN2CCCC(CN(C)Cc3ccc(OC)cc3)C2)cc1. The van der Waals surface area contributed by atoms with Crippen molar-refractivity contribution in [3.63, 3.8) is 0 Å². The summed E-state index contributed by atoms with van der Waals surface area (Å²) in [5, 5.41) is 0. The Balaban J connectivity index is 1.43. The zero-order valence-electron chi connectivity index (χ0n) is 17.6. The van der Waals surface area contributed by atoms with Gasteiger partial charge in [0.1, 0.15) is 11.5 Å². The van der Waals surface area contributed by atoms with E-state index < -0.39 is 0 Å². The van der Waals surface area contributed by atoms with Gasteiger partial charge in [-0.05, 0) is 74.2 Å². The lowest BCUT2D eigenvalue weighted by Crippen LogP contribution is -2.40. The molecule has 1 fully saturated rings. The molecular weight excluding hydrogens is 348 g/mol. The molecule has 1 saturated heterocycles. The third kappa shape index (κ3) is 6.25. The van der Waals surface area contributed by atoms with E-state index in [0.29, 0.717) is 0 Å². The Labute approximate surface area is 170 Å². The second-order valence-corrected chi connectivity index (χ2v) is 7.95. The Morgan fingerprint density at radius 3 is 2.14 bits per heavy atom. The van der Waals surface area contributed by atoms with Gasteiger partial charge in [0, 0.05) is 26.2 Å². The summed E-state index contributed by atoms with van der Waals surface area (Å²) in [6, 6.07) is 16.9. The Kier molecular flexibility index (Phi) is 7.75. The standard InChI is InChI=1S/C24H34N2O2/c1-25(17-21-8-12-24(28-3)13-9-21)18-22-5-4-15-26(19-22)16-14-20-6-10-23(27-2)11-7-20/h6-13,22H,4-5,14-19H2,1-3H3. The first-order chi connectivity index (χ1) is 13.7. The highest BCUT2D eigenvalue weighted by molar-refractivity contribution is 5.28. The third-order valence-electron chi connectivity index (χ3n) is 5.66. The summed E-state index contributed by atoms with van der Waals surface area (Å²) in [6.45, 7) is 5.74. The van der Waals surface area contributed by atoms with Gasteiger partial charge < -0.3 is 19.3 Å². The summed E-state index contributed by atoms with van der Waals surface area (Å²) >= 11 is 0. The van der Waals surface area contributed by atoms with Crippen molar-refractivity contribution in [1.29, 1.82) is 0 Å². The van der Waals surface area contributed by atoms with E-state index in [4.69, 9.17) is 9.47 Å². The number of nitrogens with zero attached hydrogens (tertiary/aromatic N) is 2. The second kappa shape index (κ2) is 10.5. The van der Waals surface area contributed by atoms with Crippen molar-refractivity contribution >= 4 is 0 Å². The maximum Gasteiger partial charge on any atom is 0.118 e. The van der Waals surface area contributed by atoms with Crippen LogP contribution in [0, 0.1) is 5.92 Å². The maximum absolute atomic E-state index is 5.25. The molecule has 0 N–H and O–H groups in total. The zero-order valence-corrected chi connectivity index (χ0v) is 17.6. The van der Waals surface area contributed by atoms with Crippen LogP contribution in [-0.2, 0) is 13.0 Å². The van der Waals surface area contributed by atoms with E-state index in [2.05, 4.69) is 53.2 Å². The lowest BCUT2D eigenvalue weighted by Gasteiger charge is -2.34. The predicted molar refractivity (Wildman–Crippen MR) is 115 cm³/mol. The van der Waals surface area contributed by atoms with Gasteiger partial charge in [-0.3, -0.25) is 0 Å². The van der Waals surface area contributed by atoms with Gasteiger partial charge in [-0.25, -0.2) is 0 Å². The summed E-state index contributed by atoms with van der Waals surface area (Å²) in [5.74, 6) is 2.61. The molecule has 4 heteroatoms. The highest BCUT2D eigenvalue weighted by Gasteiger charge is 2.21. The molecule has 28 heavy (non-hydrogen) atoms. The first-order valence-corrected chi connectivity index (χ1v) is 10.3. The molecule has 1 aliphatic rings. The molecule has 2 aromatic rings. The molecule has 0 amide bonds. The van der Waals surface area contributed by atoms with Crippen molar-refractivity contribution in [3.05, 3.63) is 59.7 Å². The van der Waals surface area contributed by atoms with Crippen molar-refractivity contribution in [2.75, 3.05) is 47.4 Å². The van der Waals surface area contributed by atoms with Gasteiger partial charge in [-0.15, -0.1) is 0 Å². The lowest BCUT2D eigenvalue weighted by atomic mass is 9.97. The van der Waals surface area contributed by atoms with Gasteiger partial charge in [0.2, 0.25) is 0 Å². The minimum Gasteiger partial charge on any atom is -0.497 e. The monoisotopic (exact) mass is 382 g/mol. The molecule has 0 saturated carbocycles. The van der Waals surface area contributed by atoms with E-state index in [-0.39, 0.29) is 0 Å². The van der Waals surface area contributed by atoms with Gasteiger partial charge >= 0.3 is 0 Å². The van der Waals surface area contributed by atoms with E-state index in [0.717, 1.165) is 43.5 Å². The summed E-state index contributed by atoms with van der Waals surface area (Å²) < 4.78 is 10.5. The molecule has 0 aliphatic carbocycles. The summed E-state index contributed by atoms with van der Waals surface area (Å²) in [6.07, 6.45) is 3.76. The molecule has 4 nitrogen and oxygen atoms in total. The van der Waals surface area contributed by atoms with Gasteiger partial charge in [0.15, 0.2) is 0 Å². The molecule has 0 aromatic heterocycles. The fourth-order valence-corrected chi connectivity index (χ4v) is 4.13. The predicted octanol–water partition coefficient (Wildman–Crippen LogP) is 4.09. The topological polar surface area (TPSA) is 24.9 Å². The molecule has 2 aromatic carbocycles. The van der Waals surface area contributed by atoms with Crippen molar-refractivity contribution < 1.29 is 9.47 Å². The summed E-state index contributed by atoms with van der Waals surface area (Å²) in [7, 11) is 5.67. The molecule has 3 rings (SSSR count). The number of rotatable bonds is 9. The molecule has 0 radical (unpaired) electrons. The van der Waals surface area contributed by atoms with E-state index in [1.54, 1.807) is 14.2 Å². The van der Waals surface area contributed by atoms with Crippen molar-refractivity contribution in [2.45, 2.75) is 25.8 Å². The zero-order chi connectivity index (χ0) is 19.8. The van der Waals surface area contributed by atoms with Crippen LogP contribution in [0.5, 0.6) is 11.5 Å². The Morgan fingerprint density at radius 2 is 1.54 bits per heavy atom. The lowest BCUT2D eigenvalue weighted by molar-refractivity contribution is 0.142. The van der Waals surface area contributed by atoms with Crippen LogP contribution in [0.3, 0.4) is 0 Å². The van der Waals surface area contributed by atoms with Crippen LogP contribution in [0.4, 0.5) is 0 Å². The van der Waals surface area contributed by atoms with Crippen molar-refractivity contribution in [2.24, 2.45) is 5.92 Å². The molecule has 0 spiro atoms. The van der Waals surface area contributed by atoms with Gasteiger partial charge in [-0.1, -0.05) is 24.3 Å². The first kappa shape index (κ1) is 20.7. The third-order valence-corrected chi connectivity index (χ3v) is 5.66. The highest BCUT2D eigenvalue weighted by atomic mass is 16.5. The average molecular weight is 383 g/mol. The maximum atomic E-state index is 5.25. The molecule has 1 aliphatic heterocycles. The van der Waals surface area contributed by atoms with E-state index in [1.807, 2.05) is 12.1 Å². The molecular formula is C24H34N2O2. The molecule has 1 atom stereocenters. The van der Waals surface area contributed by atoms with E-state index in [9.17, 15) is 0 Å². The van der Waals surface area contributed by atoms with Crippen LogP contribution < -0.4 is 9.47 Å². The van der Waals surface area contributed by atoms with Crippen LogP contribution in [0.15, 0.2) is 48.5 Å². The minimum absolute atomic E-state index is 0.757. The molecule has 1 unspecified atom stereocenters.